The molecule has 8 nitrogen and oxygen atoms in total. The van der Waals surface area contributed by atoms with Crippen LogP contribution in [0.2, 0.25) is 0 Å². The van der Waals surface area contributed by atoms with E-state index in [1.165, 1.54) is 22.3 Å². The summed E-state index contributed by atoms with van der Waals surface area (Å²) in [5.41, 5.74) is 5.64. The minimum absolute atomic E-state index is 0. The van der Waals surface area contributed by atoms with Gasteiger partial charge < -0.3 is 43.8 Å². The Morgan fingerprint density at radius 2 is 1.30 bits per heavy atom. The first-order valence-electron chi connectivity index (χ1n) is 20.7. The van der Waals surface area contributed by atoms with E-state index in [1.54, 1.807) is 0 Å². The third-order valence-electron chi connectivity index (χ3n) is 16.7. The molecule has 296 valence electrons. The molecule has 7 atom stereocenters. The minimum atomic E-state index is -0.761. The SMILES string of the molecule is CC1(O)C2CC3CC1CC(C(C)(O)CC1c4ccccc4-c4cncn41)(C3)C2.O=C1C2CC3CC1CC(C(=O)CC1c4ccccc4-c4cncn41)(C3)C2.[Br-].[CH3-].[Mg+2]. The monoisotopic (exact) mass is 842 g/mol. The summed E-state index contributed by atoms with van der Waals surface area (Å²) in [5.74, 6) is 3.08. The first kappa shape index (κ1) is 41.1. The van der Waals surface area contributed by atoms with Gasteiger partial charge in [0, 0.05) is 41.2 Å². The van der Waals surface area contributed by atoms with Crippen molar-refractivity contribution in [3.8, 4) is 22.5 Å². The van der Waals surface area contributed by atoms with Crippen LogP contribution in [0.1, 0.15) is 114 Å². The summed E-state index contributed by atoms with van der Waals surface area (Å²) < 4.78 is 4.41. The molecule has 2 N–H and O–H groups in total. The zero-order valence-corrected chi connectivity index (χ0v) is 36.6. The van der Waals surface area contributed by atoms with Crippen molar-refractivity contribution < 1.29 is 36.8 Å². The predicted molar refractivity (Wildman–Crippen MR) is 216 cm³/mol. The third kappa shape index (κ3) is 5.99. The molecule has 0 radical (unpaired) electrons. The Balaban J connectivity index is 0.000000152. The quantitative estimate of drug-likeness (QED) is 0.208. The Labute approximate surface area is 363 Å². The zero-order chi connectivity index (χ0) is 36.8. The number of hydrogen-bond donors (Lipinski definition) is 2. The largest absolute Gasteiger partial charge is 2.00 e. The van der Waals surface area contributed by atoms with Gasteiger partial charge in [0.2, 0.25) is 0 Å². The van der Waals surface area contributed by atoms with Crippen LogP contribution in [0.4, 0.5) is 0 Å². The number of carbonyl (C=O) groups is 2. The Morgan fingerprint density at radius 1 is 0.789 bits per heavy atom. The molecule has 2 aromatic carbocycles. The van der Waals surface area contributed by atoms with Crippen LogP contribution in [-0.4, -0.2) is 75.1 Å². The first-order chi connectivity index (χ1) is 26.0. The number of rotatable bonds is 6. The molecule has 8 fully saturated rings. The number of benzene rings is 2. The molecule has 2 aliphatic heterocycles. The average molecular weight is 844 g/mol. The van der Waals surface area contributed by atoms with Gasteiger partial charge in [-0.1, -0.05) is 48.5 Å². The van der Waals surface area contributed by atoms with Crippen LogP contribution in [0.25, 0.3) is 22.5 Å². The van der Waals surface area contributed by atoms with Crippen molar-refractivity contribution in [1.29, 1.82) is 0 Å². The Bertz CT molecular complexity index is 2170. The molecule has 8 aliphatic carbocycles. The number of nitrogens with zero attached hydrogens (tertiary/aromatic N) is 4. The zero-order valence-electron chi connectivity index (χ0n) is 33.6. The summed E-state index contributed by atoms with van der Waals surface area (Å²) in [6, 6.07) is 17.1. The number of halogens is 1. The van der Waals surface area contributed by atoms with Crippen LogP contribution in [0.15, 0.2) is 73.6 Å². The van der Waals surface area contributed by atoms with Crippen LogP contribution in [-0.2, 0) is 9.59 Å². The number of aromatic nitrogens is 4. The van der Waals surface area contributed by atoms with Gasteiger partial charge in [0.15, 0.2) is 0 Å². The van der Waals surface area contributed by atoms with Gasteiger partial charge in [-0.3, -0.25) is 9.59 Å². The summed E-state index contributed by atoms with van der Waals surface area (Å²) in [6.07, 6.45) is 18.9. The first-order valence-corrected chi connectivity index (χ1v) is 20.7. The normalized spacial score (nSPS) is 37.3. The van der Waals surface area contributed by atoms with Crippen LogP contribution in [0, 0.1) is 53.8 Å². The van der Waals surface area contributed by atoms with Gasteiger partial charge in [0.1, 0.15) is 11.6 Å². The van der Waals surface area contributed by atoms with Gasteiger partial charge in [-0.25, -0.2) is 9.97 Å². The standard InChI is InChI=1S/C24H30N2O2.C22H22N2O2.CH3.BrH.Mg/c1-22(27,24-9-15-7-16(10-24)23(2,28)17(8-15)11-24)12-20-18-5-3-4-6-19(18)21-13-25-14-26(20)21;25-20(22-8-13-5-14(9-22)21(26)15(6-13)10-22)7-18-16-3-1-2-4-17(16)19-11-23-12-24(18)19;;;/h3-6,13-17,20,27-28H,7-12H2,1-2H3;1-4,11-15,18H,5-10H2;1H3;1H;/q;;-1;;+2/p-1. The maximum Gasteiger partial charge on any atom is 2.00 e. The van der Waals surface area contributed by atoms with Gasteiger partial charge in [-0.15, -0.1) is 0 Å². The van der Waals surface area contributed by atoms with Crippen molar-refractivity contribution in [3.05, 3.63) is 92.1 Å². The second-order valence-electron chi connectivity index (χ2n) is 19.6. The number of ketones is 2. The second-order valence-corrected chi connectivity index (χ2v) is 19.6. The molecule has 0 spiro atoms. The van der Waals surface area contributed by atoms with E-state index in [2.05, 4.69) is 68.5 Å². The molecule has 14 rings (SSSR count). The number of carbonyl (C=O) groups excluding carboxylic acids is 2. The maximum atomic E-state index is 13.6. The van der Waals surface area contributed by atoms with Crippen molar-refractivity contribution in [3.63, 3.8) is 0 Å². The molecule has 4 aromatic rings. The number of aliphatic hydroxyl groups is 2. The van der Waals surface area contributed by atoms with E-state index in [0.717, 1.165) is 75.6 Å². The van der Waals surface area contributed by atoms with Crippen LogP contribution in [0.3, 0.4) is 0 Å². The summed E-state index contributed by atoms with van der Waals surface area (Å²) >= 11 is 0. The second kappa shape index (κ2) is 14.2. The van der Waals surface area contributed by atoms with Crippen LogP contribution < -0.4 is 17.0 Å². The molecule has 8 bridgehead atoms. The molecular weight excluding hydrogens is 789 g/mol. The maximum absolute atomic E-state index is 13.6. The van der Waals surface area contributed by atoms with E-state index in [4.69, 9.17) is 0 Å². The van der Waals surface area contributed by atoms with E-state index in [0.29, 0.717) is 48.1 Å². The fourth-order valence-electron chi connectivity index (χ4n) is 14.2. The van der Waals surface area contributed by atoms with E-state index >= 15 is 0 Å². The van der Waals surface area contributed by atoms with Gasteiger partial charge in [0.25, 0.3) is 0 Å². The van der Waals surface area contributed by atoms with E-state index in [1.807, 2.05) is 38.0 Å². The Kier molecular flexibility index (Phi) is 10.3. The van der Waals surface area contributed by atoms with Crippen LogP contribution >= 0.6 is 0 Å². The number of hydrogen-bond acceptors (Lipinski definition) is 6. The van der Waals surface area contributed by atoms with Crippen LogP contribution in [0.5, 0.6) is 0 Å². The topological polar surface area (TPSA) is 110 Å². The minimum Gasteiger partial charge on any atom is -1.00 e. The summed E-state index contributed by atoms with van der Waals surface area (Å²) in [4.78, 5) is 34.7. The number of imidazole rings is 2. The average Bonchev–Trinajstić information content (AvgIpc) is 3.94. The van der Waals surface area contributed by atoms with E-state index in [-0.39, 0.29) is 82.2 Å². The van der Waals surface area contributed by atoms with Crippen molar-refractivity contribution >= 4 is 34.6 Å². The molecule has 4 heterocycles. The number of Topliss-reactive ketones (excluding diaryl/α,β-unsaturated/α-hetero) is 2. The number of fused-ring (bicyclic) bond motifs is 6. The molecule has 8 saturated carbocycles. The van der Waals surface area contributed by atoms with E-state index in [9.17, 15) is 19.8 Å². The molecule has 0 saturated heterocycles. The fourth-order valence-corrected chi connectivity index (χ4v) is 14.2. The third-order valence-corrected chi connectivity index (χ3v) is 16.7. The van der Waals surface area contributed by atoms with Gasteiger partial charge in [-0.2, -0.15) is 0 Å². The molecule has 7 unspecified atom stereocenters. The molecule has 10 heteroatoms. The van der Waals surface area contributed by atoms with Gasteiger partial charge in [-0.05, 0) is 118 Å². The van der Waals surface area contributed by atoms with Crippen molar-refractivity contribution in [2.45, 2.75) is 114 Å². The van der Waals surface area contributed by atoms with Crippen molar-refractivity contribution in [1.82, 2.24) is 19.1 Å². The summed E-state index contributed by atoms with van der Waals surface area (Å²) in [7, 11) is 0. The molecule has 10 aliphatic rings. The van der Waals surface area contributed by atoms with Crippen molar-refractivity contribution in [2.75, 3.05) is 0 Å². The molecule has 2 aromatic heterocycles. The predicted octanol–water partition coefficient (Wildman–Crippen LogP) is 5.05. The smallest absolute Gasteiger partial charge is 1.00 e. The Hall–Kier alpha value is -2.63. The fraction of sp³-hybridized carbons (Fsp3) is 0.553. The van der Waals surface area contributed by atoms with Crippen molar-refractivity contribution in [2.24, 2.45) is 46.3 Å². The summed E-state index contributed by atoms with van der Waals surface area (Å²) in [5, 5.41) is 23.1. The van der Waals surface area contributed by atoms with Gasteiger partial charge >= 0.3 is 23.1 Å². The van der Waals surface area contributed by atoms with E-state index < -0.39 is 11.2 Å². The molecule has 57 heavy (non-hydrogen) atoms. The molecule has 0 amide bonds. The molecular formula is C47H55BrMgN4O4. The van der Waals surface area contributed by atoms with Gasteiger partial charge in [0.05, 0.1) is 59.7 Å². The summed E-state index contributed by atoms with van der Waals surface area (Å²) in [6.45, 7) is 4.12. The Morgan fingerprint density at radius 3 is 1.88 bits per heavy atom.